The van der Waals surface area contributed by atoms with E-state index < -0.39 is 0 Å². The standard InChI is InChI=1S/C16H34O3/c1-13(2)16(10-17-8,11-18-9)12-19-15(6,7)14(3,4)5/h13H,10-12H2,1-9H3. The van der Waals surface area contributed by atoms with Crippen LogP contribution in [0, 0.1) is 16.7 Å². The van der Waals surface area contributed by atoms with Crippen molar-refractivity contribution in [3.8, 4) is 0 Å². The molecule has 0 aliphatic rings. The molecule has 0 N–H and O–H groups in total. The zero-order valence-electron chi connectivity index (χ0n) is 14.4. The van der Waals surface area contributed by atoms with E-state index in [4.69, 9.17) is 14.2 Å². The Bertz CT molecular complexity index is 245. The normalized spacial score (nSPS) is 14.2. The highest BCUT2D eigenvalue weighted by Gasteiger charge is 2.40. The van der Waals surface area contributed by atoms with Crippen LogP contribution in [-0.4, -0.2) is 39.6 Å². The fourth-order valence-corrected chi connectivity index (χ4v) is 1.74. The van der Waals surface area contributed by atoms with Crippen LogP contribution in [0.15, 0.2) is 0 Å². The topological polar surface area (TPSA) is 27.7 Å². The number of methoxy groups -OCH3 is 2. The van der Waals surface area contributed by atoms with Gasteiger partial charge in [-0.15, -0.1) is 0 Å². The lowest BCUT2D eigenvalue weighted by atomic mass is 9.77. The summed E-state index contributed by atoms with van der Waals surface area (Å²) in [5.41, 5.74) is -0.184. The van der Waals surface area contributed by atoms with Crippen molar-refractivity contribution in [1.82, 2.24) is 0 Å². The molecule has 0 aromatic rings. The molecule has 0 radical (unpaired) electrons. The van der Waals surface area contributed by atoms with Gasteiger partial charge in [-0.3, -0.25) is 0 Å². The Labute approximate surface area is 120 Å². The van der Waals surface area contributed by atoms with Crippen molar-refractivity contribution < 1.29 is 14.2 Å². The summed E-state index contributed by atoms with van der Waals surface area (Å²) in [5.74, 6) is 0.433. The molecule has 0 aliphatic carbocycles. The molecular weight excluding hydrogens is 240 g/mol. The second-order valence-electron chi connectivity index (χ2n) is 7.43. The zero-order chi connectivity index (χ0) is 15.3. The Hall–Kier alpha value is -0.120. The molecule has 0 spiro atoms. The highest BCUT2D eigenvalue weighted by atomic mass is 16.5. The number of ether oxygens (including phenoxy) is 3. The van der Waals surface area contributed by atoms with Gasteiger partial charge in [0.2, 0.25) is 0 Å². The summed E-state index contributed by atoms with van der Waals surface area (Å²) in [4.78, 5) is 0. The molecule has 0 heterocycles. The molecular formula is C16H34O3. The van der Waals surface area contributed by atoms with Crippen LogP contribution < -0.4 is 0 Å². The zero-order valence-corrected chi connectivity index (χ0v) is 14.4. The van der Waals surface area contributed by atoms with Gasteiger partial charge in [0, 0.05) is 19.6 Å². The van der Waals surface area contributed by atoms with E-state index in [1.807, 2.05) is 0 Å². The molecule has 0 amide bonds. The Morgan fingerprint density at radius 3 is 1.47 bits per heavy atom. The molecule has 0 saturated carbocycles. The van der Waals surface area contributed by atoms with Gasteiger partial charge < -0.3 is 14.2 Å². The van der Waals surface area contributed by atoms with E-state index in [9.17, 15) is 0 Å². The quantitative estimate of drug-likeness (QED) is 0.674. The minimum Gasteiger partial charge on any atom is -0.384 e. The first-order valence-electron chi connectivity index (χ1n) is 7.14. The van der Waals surface area contributed by atoms with E-state index in [2.05, 4.69) is 48.5 Å². The molecule has 0 fully saturated rings. The molecule has 0 aliphatic heterocycles. The molecule has 19 heavy (non-hydrogen) atoms. The molecule has 0 rings (SSSR count). The molecule has 3 heteroatoms. The SMILES string of the molecule is COCC(COC)(COC(C)(C)C(C)(C)C)C(C)C. The first-order chi connectivity index (χ1) is 8.52. The third-order valence-corrected chi connectivity index (χ3v) is 4.61. The smallest absolute Gasteiger partial charge is 0.0674 e. The van der Waals surface area contributed by atoms with Gasteiger partial charge in [-0.25, -0.2) is 0 Å². The molecule has 0 unspecified atom stereocenters. The van der Waals surface area contributed by atoms with E-state index >= 15 is 0 Å². The van der Waals surface area contributed by atoms with Crippen LogP contribution in [-0.2, 0) is 14.2 Å². The van der Waals surface area contributed by atoms with E-state index in [0.29, 0.717) is 25.7 Å². The van der Waals surface area contributed by atoms with Crippen molar-refractivity contribution in [1.29, 1.82) is 0 Å². The van der Waals surface area contributed by atoms with Gasteiger partial charge in [-0.1, -0.05) is 34.6 Å². The summed E-state index contributed by atoms with van der Waals surface area (Å²) in [6, 6.07) is 0. The lowest BCUT2D eigenvalue weighted by molar-refractivity contribution is -0.153. The van der Waals surface area contributed by atoms with E-state index in [0.717, 1.165) is 0 Å². The maximum Gasteiger partial charge on any atom is 0.0674 e. The predicted molar refractivity (Wildman–Crippen MR) is 80.5 cm³/mol. The van der Waals surface area contributed by atoms with Gasteiger partial charge in [0.15, 0.2) is 0 Å². The first-order valence-corrected chi connectivity index (χ1v) is 7.14. The average Bonchev–Trinajstić information content (AvgIpc) is 2.24. The minimum absolute atomic E-state index is 0.0912. The third-order valence-electron chi connectivity index (χ3n) is 4.61. The van der Waals surface area contributed by atoms with Gasteiger partial charge in [-0.2, -0.15) is 0 Å². The van der Waals surface area contributed by atoms with E-state index in [1.54, 1.807) is 14.2 Å². The summed E-state index contributed by atoms with van der Waals surface area (Å²) < 4.78 is 17.1. The van der Waals surface area contributed by atoms with Gasteiger partial charge >= 0.3 is 0 Å². The van der Waals surface area contributed by atoms with Crippen LogP contribution in [0.5, 0.6) is 0 Å². The van der Waals surface area contributed by atoms with Crippen molar-refractivity contribution >= 4 is 0 Å². The Morgan fingerprint density at radius 1 is 0.789 bits per heavy atom. The number of hydrogen-bond donors (Lipinski definition) is 0. The fourth-order valence-electron chi connectivity index (χ4n) is 1.74. The molecule has 116 valence electrons. The second kappa shape index (κ2) is 7.05. The maximum absolute atomic E-state index is 6.27. The summed E-state index contributed by atoms with van der Waals surface area (Å²) >= 11 is 0. The monoisotopic (exact) mass is 274 g/mol. The van der Waals surface area contributed by atoms with Crippen LogP contribution >= 0.6 is 0 Å². The van der Waals surface area contributed by atoms with Gasteiger partial charge in [0.05, 0.1) is 25.4 Å². The molecule has 0 aromatic carbocycles. The van der Waals surface area contributed by atoms with Crippen LogP contribution in [0.25, 0.3) is 0 Å². The highest BCUT2D eigenvalue weighted by Crippen LogP contribution is 2.37. The van der Waals surface area contributed by atoms with Crippen molar-refractivity contribution in [2.75, 3.05) is 34.0 Å². The largest absolute Gasteiger partial charge is 0.384 e. The highest BCUT2D eigenvalue weighted by molar-refractivity contribution is 4.88. The van der Waals surface area contributed by atoms with E-state index in [1.165, 1.54) is 0 Å². The van der Waals surface area contributed by atoms with Gasteiger partial charge in [-0.05, 0) is 25.2 Å². The van der Waals surface area contributed by atoms with Crippen LogP contribution in [0.4, 0.5) is 0 Å². The number of hydrogen-bond acceptors (Lipinski definition) is 3. The van der Waals surface area contributed by atoms with Crippen LogP contribution in [0.2, 0.25) is 0 Å². The minimum atomic E-state index is -0.186. The third kappa shape index (κ3) is 5.05. The average molecular weight is 274 g/mol. The Balaban J connectivity index is 4.93. The maximum atomic E-state index is 6.27. The molecule has 3 nitrogen and oxygen atoms in total. The van der Waals surface area contributed by atoms with Crippen molar-refractivity contribution in [2.45, 2.75) is 54.1 Å². The summed E-state index contributed by atoms with van der Waals surface area (Å²) in [6.45, 7) is 17.3. The van der Waals surface area contributed by atoms with Gasteiger partial charge in [0.1, 0.15) is 0 Å². The van der Waals surface area contributed by atoms with Crippen LogP contribution in [0.3, 0.4) is 0 Å². The lowest BCUT2D eigenvalue weighted by Gasteiger charge is -2.43. The Morgan fingerprint density at radius 2 is 1.21 bits per heavy atom. The molecule has 0 saturated heterocycles. The summed E-state index contributed by atoms with van der Waals surface area (Å²) in [6.07, 6.45) is 0. The predicted octanol–water partition coefficient (Wildman–Crippen LogP) is 3.76. The molecule has 0 bridgehead atoms. The number of rotatable bonds is 8. The van der Waals surface area contributed by atoms with Crippen LogP contribution in [0.1, 0.15) is 48.5 Å². The first kappa shape index (κ1) is 18.9. The molecule has 0 aromatic heterocycles. The molecule has 0 atom stereocenters. The summed E-state index contributed by atoms with van der Waals surface area (Å²) in [7, 11) is 3.48. The Kier molecular flexibility index (Phi) is 7.01. The van der Waals surface area contributed by atoms with Crippen molar-refractivity contribution in [3.05, 3.63) is 0 Å². The van der Waals surface area contributed by atoms with Crippen molar-refractivity contribution in [2.24, 2.45) is 16.7 Å². The van der Waals surface area contributed by atoms with Crippen molar-refractivity contribution in [3.63, 3.8) is 0 Å². The summed E-state index contributed by atoms with van der Waals surface area (Å²) in [5, 5.41) is 0. The fraction of sp³-hybridized carbons (Fsp3) is 1.00. The lowest BCUT2D eigenvalue weighted by Crippen LogP contribution is -2.47. The van der Waals surface area contributed by atoms with Gasteiger partial charge in [0.25, 0.3) is 0 Å². The van der Waals surface area contributed by atoms with E-state index in [-0.39, 0.29) is 16.4 Å². The second-order valence-corrected chi connectivity index (χ2v) is 7.43.